The van der Waals surface area contributed by atoms with Gasteiger partial charge in [0.2, 0.25) is 0 Å². The first-order valence-electron chi connectivity index (χ1n) is 11.6. The summed E-state index contributed by atoms with van der Waals surface area (Å²) in [5.74, 6) is 0.0297. The number of aromatic nitrogens is 1. The van der Waals surface area contributed by atoms with Gasteiger partial charge >= 0.3 is 17.7 Å². The van der Waals surface area contributed by atoms with Crippen molar-refractivity contribution in [2.45, 2.75) is 25.9 Å². The van der Waals surface area contributed by atoms with Crippen molar-refractivity contribution in [1.29, 1.82) is 0 Å². The van der Waals surface area contributed by atoms with Crippen LogP contribution in [-0.2, 0) is 9.47 Å². The van der Waals surface area contributed by atoms with Gasteiger partial charge in [-0.2, -0.15) is 0 Å². The number of hydrogen-bond acceptors (Lipinski definition) is 9. The van der Waals surface area contributed by atoms with Crippen LogP contribution in [0.4, 0.5) is 16.2 Å². The number of piperidine rings is 1. The molecule has 0 saturated carbocycles. The van der Waals surface area contributed by atoms with E-state index >= 15 is 0 Å². The average molecular weight is 492 g/mol. The number of nitrogens with zero attached hydrogens (tertiary/aromatic N) is 3. The van der Waals surface area contributed by atoms with Crippen molar-refractivity contribution in [3.05, 3.63) is 88.1 Å². The summed E-state index contributed by atoms with van der Waals surface area (Å²) in [4.78, 5) is 41.6. The van der Waals surface area contributed by atoms with Crippen LogP contribution in [0.5, 0.6) is 11.6 Å². The lowest BCUT2D eigenvalue weighted by Gasteiger charge is -2.32. The molecule has 0 aliphatic carbocycles. The number of hydrogen-bond donors (Lipinski definition) is 0. The highest BCUT2D eigenvalue weighted by Gasteiger charge is 2.30. The molecular formula is C26H25N3O7. The van der Waals surface area contributed by atoms with Crippen molar-refractivity contribution < 1.29 is 28.7 Å². The van der Waals surface area contributed by atoms with Gasteiger partial charge in [-0.15, -0.1) is 0 Å². The Kier molecular flexibility index (Phi) is 7.74. The molecule has 1 fully saturated rings. The Labute approximate surface area is 207 Å². The zero-order valence-electron chi connectivity index (χ0n) is 19.7. The Balaban J connectivity index is 1.48. The minimum atomic E-state index is -0.710. The molecular weight excluding hydrogens is 466 g/mol. The summed E-state index contributed by atoms with van der Waals surface area (Å²) in [5, 5.41) is 12.0. The number of ether oxygens (including phenoxy) is 3. The number of nitro groups is 1. The topological polar surface area (TPSA) is 121 Å². The van der Waals surface area contributed by atoms with Crippen LogP contribution in [-0.4, -0.2) is 47.6 Å². The van der Waals surface area contributed by atoms with Gasteiger partial charge in [0.1, 0.15) is 17.5 Å². The Morgan fingerprint density at radius 3 is 2.33 bits per heavy atom. The zero-order valence-corrected chi connectivity index (χ0v) is 19.7. The molecule has 0 unspecified atom stereocenters. The normalized spacial score (nSPS) is 13.6. The van der Waals surface area contributed by atoms with E-state index in [0.717, 1.165) is 0 Å². The predicted octanol–water partition coefficient (Wildman–Crippen LogP) is 5.16. The highest BCUT2D eigenvalue weighted by atomic mass is 16.7. The molecule has 186 valence electrons. The lowest BCUT2D eigenvalue weighted by atomic mass is 10.0. The molecule has 2 aromatic carbocycles. The van der Waals surface area contributed by atoms with Crippen LogP contribution in [0.15, 0.2) is 66.9 Å². The van der Waals surface area contributed by atoms with Crippen LogP contribution in [0.1, 0.15) is 35.7 Å². The van der Waals surface area contributed by atoms with E-state index < -0.39 is 11.1 Å². The maximum absolute atomic E-state index is 12.6. The lowest BCUT2D eigenvalue weighted by molar-refractivity contribution is -0.385. The monoisotopic (exact) mass is 491 g/mol. The van der Waals surface area contributed by atoms with E-state index in [0.29, 0.717) is 48.5 Å². The number of carbonyl (C=O) groups is 2. The fourth-order valence-electron chi connectivity index (χ4n) is 3.97. The first-order valence-corrected chi connectivity index (χ1v) is 11.6. The Bertz CT molecular complexity index is 1220. The molecule has 1 saturated heterocycles. The lowest BCUT2D eigenvalue weighted by Crippen LogP contribution is -2.38. The van der Waals surface area contributed by atoms with Gasteiger partial charge in [0, 0.05) is 43.3 Å². The fraction of sp³-hybridized carbons (Fsp3) is 0.269. The first-order chi connectivity index (χ1) is 17.5. The van der Waals surface area contributed by atoms with Gasteiger partial charge < -0.3 is 19.1 Å². The molecule has 0 atom stereocenters. The molecule has 1 aliphatic heterocycles. The van der Waals surface area contributed by atoms with Gasteiger partial charge in [-0.3, -0.25) is 14.9 Å². The average Bonchev–Trinajstić information content (AvgIpc) is 2.89. The maximum Gasteiger partial charge on any atom is 0.508 e. The summed E-state index contributed by atoms with van der Waals surface area (Å²) in [6.07, 6.45) is 1.44. The predicted molar refractivity (Wildman–Crippen MR) is 131 cm³/mol. The van der Waals surface area contributed by atoms with Gasteiger partial charge in [0.05, 0.1) is 11.5 Å². The van der Waals surface area contributed by atoms with Gasteiger partial charge in [0.15, 0.2) is 5.78 Å². The summed E-state index contributed by atoms with van der Waals surface area (Å²) < 4.78 is 15.8. The third-order valence-corrected chi connectivity index (χ3v) is 5.73. The molecule has 0 spiro atoms. The SMILES string of the molecule is CCOC(=O)OC1CCN(c2ccnc(Oc3ccc(C(=O)c4ccccc4)cc3)c2[N+](=O)[O-])CC1. The fourth-order valence-corrected chi connectivity index (χ4v) is 3.97. The minimum Gasteiger partial charge on any atom is -0.435 e. The molecule has 0 amide bonds. The second-order valence-electron chi connectivity index (χ2n) is 8.05. The summed E-state index contributed by atoms with van der Waals surface area (Å²) in [6, 6.07) is 16.8. The number of pyridine rings is 1. The quantitative estimate of drug-likeness (QED) is 0.182. The van der Waals surface area contributed by atoms with E-state index in [4.69, 9.17) is 14.2 Å². The Hall–Kier alpha value is -4.47. The second-order valence-corrected chi connectivity index (χ2v) is 8.05. The van der Waals surface area contributed by atoms with Gasteiger partial charge in [-0.25, -0.2) is 9.78 Å². The summed E-state index contributed by atoms with van der Waals surface area (Å²) in [7, 11) is 0. The van der Waals surface area contributed by atoms with Crippen molar-refractivity contribution in [3.63, 3.8) is 0 Å². The van der Waals surface area contributed by atoms with Crippen molar-refractivity contribution in [3.8, 4) is 11.6 Å². The van der Waals surface area contributed by atoms with Crippen LogP contribution < -0.4 is 9.64 Å². The number of benzene rings is 2. The standard InChI is InChI=1S/C26H25N3O7/c1-2-34-26(31)36-21-13-16-28(17-14-21)22-12-15-27-25(23(22)29(32)33)35-20-10-8-19(9-11-20)24(30)18-6-4-3-5-7-18/h3-12,15,21H,2,13-14,16-17H2,1H3. The van der Waals surface area contributed by atoms with Crippen LogP contribution >= 0.6 is 0 Å². The van der Waals surface area contributed by atoms with Crippen LogP contribution in [0.2, 0.25) is 0 Å². The molecule has 0 radical (unpaired) electrons. The summed E-state index contributed by atoms with van der Waals surface area (Å²) in [6.45, 7) is 2.83. The molecule has 36 heavy (non-hydrogen) atoms. The van der Waals surface area contributed by atoms with E-state index in [1.807, 2.05) is 11.0 Å². The van der Waals surface area contributed by atoms with Gasteiger partial charge in [-0.1, -0.05) is 30.3 Å². The first kappa shape index (κ1) is 24.6. The molecule has 1 aliphatic rings. The van der Waals surface area contributed by atoms with Crippen LogP contribution in [0.25, 0.3) is 0 Å². The summed E-state index contributed by atoms with van der Waals surface area (Å²) >= 11 is 0. The second kappa shape index (κ2) is 11.3. The van der Waals surface area contributed by atoms with E-state index in [-0.39, 0.29) is 30.1 Å². The van der Waals surface area contributed by atoms with E-state index in [2.05, 4.69) is 4.98 Å². The highest BCUT2D eigenvalue weighted by Crippen LogP contribution is 2.38. The number of rotatable bonds is 8. The number of anilines is 1. The zero-order chi connectivity index (χ0) is 25.5. The number of ketones is 1. The molecule has 10 nitrogen and oxygen atoms in total. The Morgan fingerprint density at radius 1 is 1.03 bits per heavy atom. The Morgan fingerprint density at radius 2 is 1.69 bits per heavy atom. The molecule has 0 N–H and O–H groups in total. The molecule has 10 heteroatoms. The van der Waals surface area contributed by atoms with Gasteiger partial charge in [-0.05, 0) is 37.3 Å². The molecule has 1 aromatic heterocycles. The third kappa shape index (κ3) is 5.77. The molecule has 4 rings (SSSR count). The van der Waals surface area contributed by atoms with Crippen molar-refractivity contribution in [2.75, 3.05) is 24.6 Å². The van der Waals surface area contributed by atoms with Crippen LogP contribution in [0.3, 0.4) is 0 Å². The number of carbonyl (C=O) groups excluding carboxylic acids is 2. The van der Waals surface area contributed by atoms with E-state index in [1.165, 1.54) is 6.20 Å². The maximum atomic E-state index is 12.6. The summed E-state index contributed by atoms with van der Waals surface area (Å²) in [5.41, 5.74) is 1.15. The molecule has 2 heterocycles. The van der Waals surface area contributed by atoms with E-state index in [9.17, 15) is 19.7 Å². The molecule has 3 aromatic rings. The largest absolute Gasteiger partial charge is 0.508 e. The highest BCUT2D eigenvalue weighted by molar-refractivity contribution is 6.09. The van der Waals surface area contributed by atoms with Crippen LogP contribution in [0, 0.1) is 10.1 Å². The minimum absolute atomic E-state index is 0.136. The third-order valence-electron chi connectivity index (χ3n) is 5.73. The van der Waals surface area contributed by atoms with Crippen molar-refractivity contribution in [1.82, 2.24) is 4.98 Å². The smallest absolute Gasteiger partial charge is 0.435 e. The van der Waals surface area contributed by atoms with Gasteiger partial charge in [0.25, 0.3) is 0 Å². The van der Waals surface area contributed by atoms with Crippen molar-refractivity contribution in [2.24, 2.45) is 0 Å². The molecule has 0 bridgehead atoms. The van der Waals surface area contributed by atoms with Crippen molar-refractivity contribution >= 4 is 23.3 Å². The van der Waals surface area contributed by atoms with E-state index in [1.54, 1.807) is 61.5 Å².